The predicted molar refractivity (Wildman–Crippen MR) is 84.6 cm³/mol. The number of nitrogens with zero attached hydrogens (tertiary/aromatic N) is 3. The molecule has 0 unspecified atom stereocenters. The molecule has 0 radical (unpaired) electrons. The molecule has 1 aromatic heterocycles. The van der Waals surface area contributed by atoms with E-state index in [1.165, 1.54) is 0 Å². The molecule has 1 N–H and O–H groups in total. The van der Waals surface area contributed by atoms with Crippen molar-refractivity contribution in [2.24, 2.45) is 0 Å². The van der Waals surface area contributed by atoms with Crippen LogP contribution in [-0.4, -0.2) is 28.1 Å². The highest BCUT2D eigenvalue weighted by Crippen LogP contribution is 2.40. The summed E-state index contributed by atoms with van der Waals surface area (Å²) in [7, 11) is 0. The Morgan fingerprint density at radius 1 is 1.23 bits per heavy atom. The summed E-state index contributed by atoms with van der Waals surface area (Å²) in [6.45, 7) is 5.64. The van der Waals surface area contributed by atoms with Crippen LogP contribution in [0.25, 0.3) is 0 Å². The molecule has 0 atom stereocenters. The summed E-state index contributed by atoms with van der Waals surface area (Å²) in [5.74, 6) is 0.942. The van der Waals surface area contributed by atoms with E-state index in [0.717, 1.165) is 11.4 Å². The highest BCUT2D eigenvalue weighted by atomic mass is 16.6. The minimum Gasteiger partial charge on any atom is -0.459 e. The molecular weight excluding hydrogens is 280 g/mol. The number of ether oxygens (including phenoxy) is 1. The van der Waals surface area contributed by atoms with E-state index < -0.39 is 5.60 Å². The van der Waals surface area contributed by atoms with Crippen molar-refractivity contribution in [3.8, 4) is 0 Å². The second kappa shape index (κ2) is 5.29. The van der Waals surface area contributed by atoms with Gasteiger partial charge < -0.3 is 15.0 Å². The number of hydrogen-bond acceptors (Lipinski definition) is 6. The average molecular weight is 298 g/mol. The Bertz CT molecular complexity index is 664. The summed E-state index contributed by atoms with van der Waals surface area (Å²) in [6, 6.07) is 7.72. The van der Waals surface area contributed by atoms with Crippen LogP contribution in [0, 0.1) is 0 Å². The molecule has 0 fully saturated rings. The SMILES string of the molecule is CC(C)(C)OC(=O)CN1c2ccccc2Nc2nccnc21. The zero-order chi connectivity index (χ0) is 15.7. The number of para-hydroxylation sites is 2. The first kappa shape index (κ1) is 14.3. The second-order valence-corrected chi connectivity index (χ2v) is 6.04. The topological polar surface area (TPSA) is 67.3 Å². The molecule has 0 saturated heterocycles. The Hall–Kier alpha value is -2.63. The maximum absolute atomic E-state index is 12.2. The molecule has 1 aliphatic heterocycles. The lowest BCUT2D eigenvalue weighted by atomic mass is 10.2. The van der Waals surface area contributed by atoms with Crippen LogP contribution in [0.5, 0.6) is 0 Å². The molecule has 0 bridgehead atoms. The Kier molecular flexibility index (Phi) is 3.44. The zero-order valence-corrected chi connectivity index (χ0v) is 12.8. The summed E-state index contributed by atoms with van der Waals surface area (Å²) in [6.07, 6.45) is 3.22. The third kappa shape index (κ3) is 2.86. The van der Waals surface area contributed by atoms with Gasteiger partial charge in [-0.15, -0.1) is 0 Å². The second-order valence-electron chi connectivity index (χ2n) is 6.04. The summed E-state index contributed by atoms with van der Waals surface area (Å²) >= 11 is 0. The number of esters is 1. The van der Waals surface area contributed by atoms with Crippen molar-refractivity contribution in [3.63, 3.8) is 0 Å². The number of carbonyl (C=O) groups is 1. The molecule has 114 valence electrons. The van der Waals surface area contributed by atoms with E-state index in [1.54, 1.807) is 12.4 Å². The van der Waals surface area contributed by atoms with Gasteiger partial charge in [0.25, 0.3) is 0 Å². The van der Waals surface area contributed by atoms with Gasteiger partial charge in [0.2, 0.25) is 0 Å². The fourth-order valence-electron chi connectivity index (χ4n) is 2.34. The average Bonchev–Trinajstić information content (AvgIpc) is 2.45. The third-order valence-electron chi connectivity index (χ3n) is 3.09. The molecule has 1 aliphatic rings. The quantitative estimate of drug-likeness (QED) is 0.860. The molecule has 6 nitrogen and oxygen atoms in total. The van der Waals surface area contributed by atoms with Crippen LogP contribution >= 0.6 is 0 Å². The fraction of sp³-hybridized carbons (Fsp3) is 0.312. The largest absolute Gasteiger partial charge is 0.459 e. The van der Waals surface area contributed by atoms with Gasteiger partial charge in [0.1, 0.15) is 12.1 Å². The van der Waals surface area contributed by atoms with E-state index in [1.807, 2.05) is 49.9 Å². The standard InChI is InChI=1S/C16H18N4O2/c1-16(2,3)22-13(21)10-20-12-7-5-4-6-11(12)19-14-15(20)18-9-8-17-14/h4-9H,10H2,1-3H3,(H,17,19). The van der Waals surface area contributed by atoms with Crippen LogP contribution in [0.3, 0.4) is 0 Å². The molecule has 2 heterocycles. The lowest BCUT2D eigenvalue weighted by Gasteiger charge is -2.31. The van der Waals surface area contributed by atoms with Crippen molar-refractivity contribution in [3.05, 3.63) is 36.7 Å². The molecule has 2 aromatic rings. The zero-order valence-electron chi connectivity index (χ0n) is 12.8. The van der Waals surface area contributed by atoms with Crippen LogP contribution in [-0.2, 0) is 9.53 Å². The van der Waals surface area contributed by atoms with Gasteiger partial charge in [-0.1, -0.05) is 12.1 Å². The summed E-state index contributed by atoms with van der Waals surface area (Å²) in [5, 5.41) is 3.22. The van der Waals surface area contributed by atoms with Gasteiger partial charge in [0, 0.05) is 12.4 Å². The van der Waals surface area contributed by atoms with E-state index in [9.17, 15) is 4.79 Å². The minimum absolute atomic E-state index is 0.0850. The number of hydrogen-bond donors (Lipinski definition) is 1. The van der Waals surface area contributed by atoms with Crippen molar-refractivity contribution in [1.29, 1.82) is 0 Å². The van der Waals surface area contributed by atoms with Gasteiger partial charge in [-0.3, -0.25) is 4.79 Å². The molecular formula is C16H18N4O2. The van der Waals surface area contributed by atoms with Crippen LogP contribution in [0.15, 0.2) is 36.7 Å². The van der Waals surface area contributed by atoms with E-state index in [2.05, 4.69) is 15.3 Å². The van der Waals surface area contributed by atoms with Crippen LogP contribution in [0.2, 0.25) is 0 Å². The Balaban J connectivity index is 1.95. The van der Waals surface area contributed by atoms with Gasteiger partial charge in [-0.25, -0.2) is 9.97 Å². The monoisotopic (exact) mass is 298 g/mol. The lowest BCUT2D eigenvalue weighted by molar-refractivity contribution is -0.152. The Morgan fingerprint density at radius 2 is 1.95 bits per heavy atom. The summed E-state index contributed by atoms with van der Waals surface area (Å²) < 4.78 is 5.42. The van der Waals surface area contributed by atoms with Gasteiger partial charge >= 0.3 is 5.97 Å². The van der Waals surface area contributed by atoms with Gasteiger partial charge in [-0.2, -0.15) is 0 Å². The molecule has 22 heavy (non-hydrogen) atoms. The number of benzene rings is 1. The summed E-state index contributed by atoms with van der Waals surface area (Å²) in [5.41, 5.74) is 1.25. The van der Waals surface area contributed by atoms with Crippen LogP contribution in [0.4, 0.5) is 23.0 Å². The summed E-state index contributed by atoms with van der Waals surface area (Å²) in [4.78, 5) is 22.7. The van der Waals surface area contributed by atoms with Gasteiger partial charge in [0.05, 0.1) is 11.4 Å². The predicted octanol–water partition coefficient (Wildman–Crippen LogP) is 3.01. The Labute approximate surface area is 129 Å². The van der Waals surface area contributed by atoms with E-state index in [-0.39, 0.29) is 12.5 Å². The number of nitrogens with one attached hydrogen (secondary N) is 1. The van der Waals surface area contributed by atoms with Gasteiger partial charge in [-0.05, 0) is 32.9 Å². The van der Waals surface area contributed by atoms with Crippen molar-refractivity contribution in [2.75, 3.05) is 16.8 Å². The maximum Gasteiger partial charge on any atom is 0.326 e. The number of fused-ring (bicyclic) bond motifs is 2. The smallest absolute Gasteiger partial charge is 0.326 e. The Morgan fingerprint density at radius 3 is 2.73 bits per heavy atom. The fourth-order valence-corrected chi connectivity index (χ4v) is 2.34. The highest BCUT2D eigenvalue weighted by Gasteiger charge is 2.27. The van der Waals surface area contributed by atoms with E-state index >= 15 is 0 Å². The molecule has 1 aromatic carbocycles. The van der Waals surface area contributed by atoms with Crippen molar-refractivity contribution < 1.29 is 9.53 Å². The van der Waals surface area contributed by atoms with Crippen molar-refractivity contribution in [2.45, 2.75) is 26.4 Å². The number of anilines is 4. The highest BCUT2D eigenvalue weighted by molar-refractivity contribution is 5.92. The van der Waals surface area contributed by atoms with E-state index in [4.69, 9.17) is 4.74 Å². The normalized spacial score (nSPS) is 13.0. The number of aromatic nitrogens is 2. The molecule has 0 saturated carbocycles. The lowest BCUT2D eigenvalue weighted by Crippen LogP contribution is -2.34. The van der Waals surface area contributed by atoms with Crippen LogP contribution in [0.1, 0.15) is 20.8 Å². The third-order valence-corrected chi connectivity index (χ3v) is 3.09. The molecule has 6 heteroatoms. The number of rotatable bonds is 2. The van der Waals surface area contributed by atoms with Gasteiger partial charge in [0.15, 0.2) is 11.6 Å². The molecule has 0 amide bonds. The maximum atomic E-state index is 12.2. The number of carbonyl (C=O) groups excluding carboxylic acids is 1. The molecule has 3 rings (SSSR count). The van der Waals surface area contributed by atoms with Crippen LogP contribution < -0.4 is 10.2 Å². The van der Waals surface area contributed by atoms with Crippen molar-refractivity contribution >= 4 is 29.0 Å². The molecule has 0 aliphatic carbocycles. The first-order valence-electron chi connectivity index (χ1n) is 7.10. The first-order valence-corrected chi connectivity index (χ1v) is 7.10. The van der Waals surface area contributed by atoms with Crippen molar-refractivity contribution in [1.82, 2.24) is 9.97 Å². The molecule has 0 spiro atoms. The van der Waals surface area contributed by atoms with E-state index in [0.29, 0.717) is 11.6 Å². The minimum atomic E-state index is -0.518. The first-order chi connectivity index (χ1) is 10.4.